The summed E-state index contributed by atoms with van der Waals surface area (Å²) in [4.78, 5) is 21.4. The third kappa shape index (κ3) is 6.00. The first kappa shape index (κ1) is 14.2. The number of rotatable bonds is 7. The van der Waals surface area contributed by atoms with Crippen LogP contribution >= 0.6 is 0 Å². The molecule has 1 aromatic rings. The second kappa shape index (κ2) is 8.25. The highest BCUT2D eigenvalue weighted by molar-refractivity contribution is 5.67. The topological polar surface area (TPSA) is 75.6 Å². The quantitative estimate of drug-likeness (QED) is 0.715. The number of carbonyl (C=O) groups is 2. The first-order valence-corrected chi connectivity index (χ1v) is 5.78. The lowest BCUT2D eigenvalue weighted by Gasteiger charge is -2.09. The van der Waals surface area contributed by atoms with Gasteiger partial charge in [0.2, 0.25) is 0 Å². The van der Waals surface area contributed by atoms with Gasteiger partial charge < -0.3 is 20.0 Å². The van der Waals surface area contributed by atoms with E-state index in [9.17, 15) is 14.7 Å². The molecule has 2 N–H and O–H groups in total. The van der Waals surface area contributed by atoms with Crippen LogP contribution in [0.3, 0.4) is 0 Å². The van der Waals surface area contributed by atoms with Gasteiger partial charge in [-0.3, -0.25) is 0 Å². The molecule has 0 aliphatic rings. The molecule has 0 fully saturated rings. The number of amides is 1. The summed E-state index contributed by atoms with van der Waals surface area (Å²) in [6, 6.07) is 9.35. The van der Waals surface area contributed by atoms with E-state index >= 15 is 0 Å². The first-order valence-electron chi connectivity index (χ1n) is 5.78. The normalized spacial score (nSPS) is 11.6. The summed E-state index contributed by atoms with van der Waals surface area (Å²) in [6.45, 7) is 0.492. The fourth-order valence-electron chi connectivity index (χ4n) is 1.34. The maximum absolute atomic E-state index is 11.3. The van der Waals surface area contributed by atoms with Crippen LogP contribution < -0.4 is 5.32 Å². The average molecular weight is 251 g/mol. The minimum atomic E-state index is -0.711. The van der Waals surface area contributed by atoms with E-state index in [-0.39, 0.29) is 19.6 Å². The van der Waals surface area contributed by atoms with Crippen molar-refractivity contribution >= 4 is 12.4 Å². The molecular weight excluding hydrogens is 234 g/mol. The largest absolute Gasteiger partial charge is 0.445 e. The zero-order chi connectivity index (χ0) is 13.2. The number of aldehydes is 1. The van der Waals surface area contributed by atoms with Crippen molar-refractivity contribution < 1.29 is 19.4 Å². The average Bonchev–Trinajstić information content (AvgIpc) is 2.38. The van der Waals surface area contributed by atoms with Crippen molar-refractivity contribution in [2.75, 3.05) is 6.54 Å². The zero-order valence-corrected chi connectivity index (χ0v) is 10.0. The van der Waals surface area contributed by atoms with Crippen LogP contribution in [0.15, 0.2) is 30.3 Å². The Bertz CT molecular complexity index is 367. The van der Waals surface area contributed by atoms with Crippen LogP contribution in [0.1, 0.15) is 18.4 Å². The van der Waals surface area contributed by atoms with Gasteiger partial charge in [0.25, 0.3) is 0 Å². The highest BCUT2D eigenvalue weighted by Gasteiger charge is 2.05. The number of carbonyl (C=O) groups excluding carboxylic acids is 2. The summed E-state index contributed by atoms with van der Waals surface area (Å²) >= 11 is 0. The van der Waals surface area contributed by atoms with E-state index in [4.69, 9.17) is 4.74 Å². The van der Waals surface area contributed by atoms with Crippen LogP contribution in [0, 0.1) is 0 Å². The van der Waals surface area contributed by atoms with Gasteiger partial charge in [-0.1, -0.05) is 30.3 Å². The minimum absolute atomic E-state index is 0.0841. The summed E-state index contributed by atoms with van der Waals surface area (Å²) in [5.41, 5.74) is 0.911. The number of aliphatic hydroxyl groups is 1. The van der Waals surface area contributed by atoms with Crippen molar-refractivity contribution in [1.29, 1.82) is 0 Å². The molecule has 1 amide bonds. The lowest BCUT2D eigenvalue weighted by Crippen LogP contribution is -2.27. The molecule has 0 saturated carbocycles. The monoisotopic (exact) mass is 251 g/mol. The van der Waals surface area contributed by atoms with Crippen LogP contribution in [-0.2, 0) is 16.1 Å². The Kier molecular flexibility index (Phi) is 6.50. The van der Waals surface area contributed by atoms with Gasteiger partial charge in [-0.05, 0) is 12.0 Å². The summed E-state index contributed by atoms with van der Waals surface area (Å²) in [5.74, 6) is 0. The maximum Gasteiger partial charge on any atom is 0.407 e. The molecule has 0 aliphatic carbocycles. The van der Waals surface area contributed by atoms with Crippen molar-refractivity contribution in [2.45, 2.75) is 25.6 Å². The molecule has 1 atom stereocenters. The van der Waals surface area contributed by atoms with Gasteiger partial charge in [0.1, 0.15) is 12.9 Å². The molecule has 0 bridgehead atoms. The Morgan fingerprint density at radius 2 is 2.11 bits per heavy atom. The SMILES string of the molecule is O=CC[C@H](O)CCNC(=O)OCc1ccccc1. The summed E-state index contributed by atoms with van der Waals surface area (Å²) in [7, 11) is 0. The second-order valence-corrected chi connectivity index (χ2v) is 3.83. The van der Waals surface area contributed by atoms with Crippen LogP contribution in [0.4, 0.5) is 4.79 Å². The number of nitrogens with one attached hydrogen (secondary N) is 1. The van der Waals surface area contributed by atoms with Crippen molar-refractivity contribution in [3.8, 4) is 0 Å². The molecule has 0 heterocycles. The van der Waals surface area contributed by atoms with Gasteiger partial charge in [0, 0.05) is 13.0 Å². The van der Waals surface area contributed by atoms with Gasteiger partial charge in [-0.15, -0.1) is 0 Å². The summed E-state index contributed by atoms with van der Waals surface area (Å²) in [5, 5.41) is 11.8. The van der Waals surface area contributed by atoms with Crippen LogP contribution in [0.5, 0.6) is 0 Å². The Hall–Kier alpha value is -1.88. The predicted octanol–water partition coefficient (Wildman–Crippen LogP) is 1.25. The Morgan fingerprint density at radius 1 is 1.39 bits per heavy atom. The van der Waals surface area contributed by atoms with Crippen molar-refractivity contribution in [3.05, 3.63) is 35.9 Å². The molecular formula is C13H17NO4. The van der Waals surface area contributed by atoms with Crippen molar-refractivity contribution in [2.24, 2.45) is 0 Å². The van der Waals surface area contributed by atoms with E-state index in [2.05, 4.69) is 5.32 Å². The molecule has 0 radical (unpaired) electrons. The first-order chi connectivity index (χ1) is 8.72. The number of aliphatic hydroxyl groups excluding tert-OH is 1. The molecule has 5 heteroatoms. The molecule has 5 nitrogen and oxygen atoms in total. The van der Waals surface area contributed by atoms with Gasteiger partial charge in [-0.25, -0.2) is 4.79 Å². The van der Waals surface area contributed by atoms with E-state index < -0.39 is 12.2 Å². The molecule has 0 spiro atoms. The Morgan fingerprint density at radius 3 is 2.78 bits per heavy atom. The number of ether oxygens (including phenoxy) is 1. The maximum atomic E-state index is 11.3. The van der Waals surface area contributed by atoms with Crippen LogP contribution in [0.2, 0.25) is 0 Å². The van der Waals surface area contributed by atoms with Gasteiger partial charge >= 0.3 is 6.09 Å². The fraction of sp³-hybridized carbons (Fsp3) is 0.385. The van der Waals surface area contributed by atoms with Crippen LogP contribution in [0.25, 0.3) is 0 Å². The Balaban J connectivity index is 2.13. The third-order valence-corrected chi connectivity index (χ3v) is 2.33. The highest BCUT2D eigenvalue weighted by atomic mass is 16.5. The molecule has 98 valence electrons. The van der Waals surface area contributed by atoms with E-state index in [0.717, 1.165) is 5.56 Å². The third-order valence-electron chi connectivity index (χ3n) is 2.33. The predicted molar refractivity (Wildman–Crippen MR) is 65.9 cm³/mol. The fourth-order valence-corrected chi connectivity index (χ4v) is 1.34. The van der Waals surface area contributed by atoms with E-state index in [1.54, 1.807) is 0 Å². The molecule has 1 rings (SSSR count). The van der Waals surface area contributed by atoms with Gasteiger partial charge in [0.05, 0.1) is 6.10 Å². The lowest BCUT2D eigenvalue weighted by molar-refractivity contribution is -0.109. The number of alkyl carbamates (subject to hydrolysis) is 1. The second-order valence-electron chi connectivity index (χ2n) is 3.83. The number of benzene rings is 1. The number of hydrogen-bond acceptors (Lipinski definition) is 4. The van der Waals surface area contributed by atoms with E-state index in [1.165, 1.54) is 0 Å². The smallest absolute Gasteiger partial charge is 0.407 e. The standard InChI is InChI=1S/C13H17NO4/c15-9-7-12(16)6-8-14-13(17)18-10-11-4-2-1-3-5-11/h1-5,9,12,16H,6-8,10H2,(H,14,17)/t12-/m1/s1. The van der Waals surface area contributed by atoms with E-state index in [0.29, 0.717) is 12.7 Å². The molecule has 0 aromatic heterocycles. The molecule has 0 unspecified atom stereocenters. The molecule has 18 heavy (non-hydrogen) atoms. The van der Waals surface area contributed by atoms with Crippen molar-refractivity contribution in [3.63, 3.8) is 0 Å². The highest BCUT2D eigenvalue weighted by Crippen LogP contribution is 2.00. The summed E-state index contributed by atoms with van der Waals surface area (Å²) < 4.78 is 4.97. The summed E-state index contributed by atoms with van der Waals surface area (Å²) in [6.07, 6.45) is -0.174. The van der Waals surface area contributed by atoms with E-state index in [1.807, 2.05) is 30.3 Å². The Labute approximate surface area is 106 Å². The van der Waals surface area contributed by atoms with Gasteiger partial charge in [-0.2, -0.15) is 0 Å². The number of hydrogen-bond donors (Lipinski definition) is 2. The minimum Gasteiger partial charge on any atom is -0.445 e. The molecule has 0 aliphatic heterocycles. The molecule has 1 aromatic carbocycles. The zero-order valence-electron chi connectivity index (χ0n) is 10.0. The van der Waals surface area contributed by atoms with Crippen LogP contribution in [-0.4, -0.2) is 30.1 Å². The molecule has 0 saturated heterocycles. The lowest BCUT2D eigenvalue weighted by atomic mass is 10.2. The van der Waals surface area contributed by atoms with Gasteiger partial charge in [0.15, 0.2) is 0 Å². The van der Waals surface area contributed by atoms with Crippen molar-refractivity contribution in [1.82, 2.24) is 5.32 Å².